The molecule has 2 saturated heterocycles. The number of nitrogens with zero attached hydrogens (tertiary/aromatic N) is 2. The van der Waals surface area contributed by atoms with Crippen LogP contribution in [0.5, 0.6) is 0 Å². The topological polar surface area (TPSA) is 86.8 Å². The lowest BCUT2D eigenvalue weighted by Crippen LogP contribution is -2.47. The molecule has 2 fully saturated rings. The van der Waals surface area contributed by atoms with Crippen LogP contribution < -0.4 is 5.32 Å². The van der Waals surface area contributed by atoms with Gasteiger partial charge in [0.05, 0.1) is 4.90 Å². The Balaban J connectivity index is 1.57. The largest absolute Gasteiger partial charge is 0.359 e. The van der Waals surface area contributed by atoms with Gasteiger partial charge in [-0.1, -0.05) is 17.7 Å². The zero-order valence-electron chi connectivity index (χ0n) is 17.5. The number of piperidine rings is 2. The monoisotopic (exact) mass is 421 g/mol. The third-order valence-electron chi connectivity index (χ3n) is 6.18. The van der Waals surface area contributed by atoms with Gasteiger partial charge < -0.3 is 10.2 Å². The number of hydrogen-bond donors (Lipinski definition) is 1. The van der Waals surface area contributed by atoms with Crippen LogP contribution in [-0.2, 0) is 19.6 Å². The van der Waals surface area contributed by atoms with Crippen LogP contribution >= 0.6 is 0 Å². The first-order valence-corrected chi connectivity index (χ1v) is 11.8. The number of carbonyl (C=O) groups is 2. The standard InChI is InChI=1S/C21H31N3O4S/c1-15-4-5-19(16(2)14-15)29(27,28)24-12-8-18(9-13-24)21(26)23-10-6-17(7-11-23)20(25)22-3/h4-5,14,17-18H,6-13H2,1-3H3,(H,22,25). The van der Waals surface area contributed by atoms with Crippen molar-refractivity contribution in [2.24, 2.45) is 11.8 Å². The summed E-state index contributed by atoms with van der Waals surface area (Å²) in [6, 6.07) is 5.37. The lowest BCUT2D eigenvalue weighted by Gasteiger charge is -2.36. The number of sulfonamides is 1. The molecule has 0 unspecified atom stereocenters. The number of hydrogen-bond acceptors (Lipinski definition) is 4. The summed E-state index contributed by atoms with van der Waals surface area (Å²) < 4.78 is 27.5. The minimum absolute atomic E-state index is 0.0196. The highest BCUT2D eigenvalue weighted by Crippen LogP contribution is 2.28. The molecular formula is C21H31N3O4S. The molecule has 2 heterocycles. The molecular weight excluding hydrogens is 390 g/mol. The van der Waals surface area contributed by atoms with Crippen LogP contribution in [0.25, 0.3) is 0 Å². The van der Waals surface area contributed by atoms with E-state index in [2.05, 4.69) is 5.32 Å². The van der Waals surface area contributed by atoms with E-state index in [9.17, 15) is 18.0 Å². The van der Waals surface area contributed by atoms with E-state index in [1.165, 1.54) is 4.31 Å². The van der Waals surface area contributed by atoms with Crippen molar-refractivity contribution in [2.75, 3.05) is 33.2 Å². The summed E-state index contributed by atoms with van der Waals surface area (Å²) in [4.78, 5) is 26.8. The van der Waals surface area contributed by atoms with Crippen LogP contribution in [0.3, 0.4) is 0 Å². The fourth-order valence-corrected chi connectivity index (χ4v) is 6.07. The van der Waals surface area contributed by atoms with E-state index < -0.39 is 10.0 Å². The van der Waals surface area contributed by atoms with Gasteiger partial charge in [0, 0.05) is 45.1 Å². The second kappa shape index (κ2) is 8.83. The Kier molecular flexibility index (Phi) is 6.63. The van der Waals surface area contributed by atoms with Crippen LogP contribution in [0.2, 0.25) is 0 Å². The van der Waals surface area contributed by atoms with Gasteiger partial charge in [-0.3, -0.25) is 9.59 Å². The van der Waals surface area contributed by atoms with Crippen molar-refractivity contribution in [3.63, 3.8) is 0 Å². The quantitative estimate of drug-likeness (QED) is 0.802. The van der Waals surface area contributed by atoms with Crippen LogP contribution in [0.4, 0.5) is 0 Å². The van der Waals surface area contributed by atoms with Crippen LogP contribution in [0.15, 0.2) is 23.1 Å². The highest BCUT2D eigenvalue weighted by atomic mass is 32.2. The van der Waals surface area contributed by atoms with Gasteiger partial charge in [0.1, 0.15) is 0 Å². The van der Waals surface area contributed by atoms with E-state index in [0.29, 0.717) is 56.8 Å². The Morgan fingerprint density at radius 3 is 2.10 bits per heavy atom. The predicted octanol–water partition coefficient (Wildman–Crippen LogP) is 1.69. The van der Waals surface area contributed by atoms with Crippen molar-refractivity contribution >= 4 is 21.8 Å². The lowest BCUT2D eigenvalue weighted by molar-refractivity contribution is -0.140. The molecule has 0 aromatic heterocycles. The Labute approximate surface area is 173 Å². The Hall–Kier alpha value is -1.93. The summed E-state index contributed by atoms with van der Waals surface area (Å²) in [7, 11) is -1.90. The molecule has 2 aliphatic heterocycles. The Bertz CT molecular complexity index is 868. The smallest absolute Gasteiger partial charge is 0.243 e. The van der Waals surface area contributed by atoms with E-state index in [-0.39, 0.29) is 23.7 Å². The van der Waals surface area contributed by atoms with Crippen LogP contribution in [-0.4, -0.2) is 62.7 Å². The maximum atomic E-state index is 13.0. The first-order valence-electron chi connectivity index (χ1n) is 10.3. The third-order valence-corrected chi connectivity index (χ3v) is 8.23. The second-order valence-electron chi connectivity index (χ2n) is 8.16. The van der Waals surface area contributed by atoms with E-state index >= 15 is 0 Å². The van der Waals surface area contributed by atoms with Crippen molar-refractivity contribution in [2.45, 2.75) is 44.4 Å². The van der Waals surface area contributed by atoms with E-state index in [4.69, 9.17) is 0 Å². The average molecular weight is 422 g/mol. The van der Waals surface area contributed by atoms with Crippen molar-refractivity contribution in [3.05, 3.63) is 29.3 Å². The summed E-state index contributed by atoms with van der Waals surface area (Å²) in [5.74, 6) is -0.0168. The molecule has 0 bridgehead atoms. The first kappa shape index (κ1) is 21.8. The Morgan fingerprint density at radius 2 is 1.55 bits per heavy atom. The van der Waals surface area contributed by atoms with Gasteiger partial charge in [-0.2, -0.15) is 4.31 Å². The molecule has 0 spiro atoms. The Morgan fingerprint density at radius 1 is 0.966 bits per heavy atom. The molecule has 1 aromatic rings. The highest BCUT2D eigenvalue weighted by Gasteiger charge is 2.35. The summed E-state index contributed by atoms with van der Waals surface area (Å²) in [5.41, 5.74) is 1.79. The maximum Gasteiger partial charge on any atom is 0.243 e. The zero-order valence-corrected chi connectivity index (χ0v) is 18.3. The van der Waals surface area contributed by atoms with E-state index in [1.54, 1.807) is 13.1 Å². The second-order valence-corrected chi connectivity index (χ2v) is 10.1. The molecule has 0 saturated carbocycles. The summed E-state index contributed by atoms with van der Waals surface area (Å²) >= 11 is 0. The predicted molar refractivity (Wildman–Crippen MR) is 111 cm³/mol. The molecule has 160 valence electrons. The van der Waals surface area contributed by atoms with Gasteiger partial charge >= 0.3 is 0 Å². The van der Waals surface area contributed by atoms with Gasteiger partial charge in [-0.15, -0.1) is 0 Å². The number of nitrogens with one attached hydrogen (secondary N) is 1. The minimum atomic E-state index is -3.54. The fourth-order valence-electron chi connectivity index (χ4n) is 4.40. The zero-order chi connectivity index (χ0) is 21.2. The molecule has 0 atom stereocenters. The van der Waals surface area contributed by atoms with Crippen molar-refractivity contribution in [1.82, 2.24) is 14.5 Å². The van der Waals surface area contributed by atoms with E-state index in [0.717, 1.165) is 11.1 Å². The number of likely N-dealkylation sites (tertiary alicyclic amines) is 1. The summed E-state index contributed by atoms with van der Waals surface area (Å²) in [6.07, 6.45) is 2.45. The molecule has 2 amide bonds. The van der Waals surface area contributed by atoms with Crippen LogP contribution in [0, 0.1) is 25.7 Å². The van der Waals surface area contributed by atoms with Crippen LogP contribution in [0.1, 0.15) is 36.8 Å². The number of carbonyl (C=O) groups excluding carboxylic acids is 2. The molecule has 0 aliphatic carbocycles. The number of aryl methyl sites for hydroxylation is 2. The van der Waals surface area contributed by atoms with Gasteiger partial charge in [0.25, 0.3) is 0 Å². The maximum absolute atomic E-state index is 13.0. The summed E-state index contributed by atoms with van der Waals surface area (Å²) in [6.45, 7) is 5.67. The normalized spacial score (nSPS) is 19.9. The van der Waals surface area contributed by atoms with Crippen molar-refractivity contribution in [3.8, 4) is 0 Å². The lowest BCUT2D eigenvalue weighted by atomic mass is 9.92. The molecule has 1 N–H and O–H groups in total. The minimum Gasteiger partial charge on any atom is -0.359 e. The number of amides is 2. The molecule has 29 heavy (non-hydrogen) atoms. The molecule has 7 nitrogen and oxygen atoms in total. The van der Waals surface area contributed by atoms with Gasteiger partial charge in [-0.25, -0.2) is 8.42 Å². The van der Waals surface area contributed by atoms with Gasteiger partial charge in [0.2, 0.25) is 21.8 Å². The fraction of sp³-hybridized carbons (Fsp3) is 0.619. The van der Waals surface area contributed by atoms with Crippen molar-refractivity contribution in [1.29, 1.82) is 0 Å². The molecule has 2 aliphatic rings. The summed E-state index contributed by atoms with van der Waals surface area (Å²) in [5, 5.41) is 2.68. The van der Waals surface area contributed by atoms with Crippen molar-refractivity contribution < 1.29 is 18.0 Å². The SMILES string of the molecule is CNC(=O)C1CCN(C(=O)C2CCN(S(=O)(=O)c3ccc(C)cc3C)CC2)CC1. The average Bonchev–Trinajstić information content (AvgIpc) is 2.72. The highest BCUT2D eigenvalue weighted by molar-refractivity contribution is 7.89. The van der Waals surface area contributed by atoms with Gasteiger partial charge in [-0.05, 0) is 51.2 Å². The molecule has 3 rings (SSSR count). The van der Waals surface area contributed by atoms with Gasteiger partial charge in [0.15, 0.2) is 0 Å². The third kappa shape index (κ3) is 4.64. The number of rotatable bonds is 4. The molecule has 8 heteroatoms. The first-order chi connectivity index (χ1) is 13.7. The molecule has 1 aromatic carbocycles. The molecule has 0 radical (unpaired) electrons. The van der Waals surface area contributed by atoms with E-state index in [1.807, 2.05) is 30.9 Å². The number of benzene rings is 1.